The van der Waals surface area contributed by atoms with Gasteiger partial charge in [-0.15, -0.1) is 0 Å². The normalized spacial score (nSPS) is 23.8. The highest BCUT2D eigenvalue weighted by molar-refractivity contribution is 5.78. The zero-order chi connectivity index (χ0) is 13.2. The van der Waals surface area contributed by atoms with Crippen LogP contribution in [-0.2, 0) is 4.79 Å². The van der Waals surface area contributed by atoms with E-state index in [0.29, 0.717) is 13.0 Å². The molecule has 1 saturated heterocycles. The number of carboxylic acid groups (broad SMARTS) is 1. The number of ether oxygens (including phenoxy) is 1. The van der Waals surface area contributed by atoms with E-state index in [4.69, 9.17) is 9.84 Å². The van der Waals surface area contributed by atoms with E-state index in [9.17, 15) is 9.18 Å². The molecule has 0 spiro atoms. The first-order valence-electron chi connectivity index (χ1n) is 5.86. The number of halogens is 1. The van der Waals surface area contributed by atoms with Gasteiger partial charge < -0.3 is 14.7 Å². The van der Waals surface area contributed by atoms with E-state index < -0.39 is 11.6 Å². The number of rotatable bonds is 3. The minimum absolute atomic E-state index is 0.0784. The summed E-state index contributed by atoms with van der Waals surface area (Å²) >= 11 is 0. The molecule has 0 amide bonds. The molecule has 18 heavy (non-hydrogen) atoms. The summed E-state index contributed by atoms with van der Waals surface area (Å²) in [6, 6.07) is 7.19. The Bertz CT molecular complexity index is 434. The van der Waals surface area contributed by atoms with Crippen LogP contribution < -0.4 is 9.64 Å². The molecule has 4 nitrogen and oxygen atoms in total. The van der Waals surface area contributed by atoms with Gasteiger partial charge in [0.1, 0.15) is 5.75 Å². The quantitative estimate of drug-likeness (QED) is 0.896. The fourth-order valence-electron chi connectivity index (χ4n) is 2.20. The van der Waals surface area contributed by atoms with Gasteiger partial charge in [0.25, 0.3) is 0 Å². The second-order valence-electron chi connectivity index (χ2n) is 4.49. The fraction of sp³-hybridized carbons (Fsp3) is 0.462. The topological polar surface area (TPSA) is 49.8 Å². The van der Waals surface area contributed by atoms with E-state index in [0.717, 1.165) is 11.4 Å². The van der Waals surface area contributed by atoms with Crippen molar-refractivity contribution in [3.63, 3.8) is 0 Å². The van der Waals surface area contributed by atoms with Crippen molar-refractivity contribution < 1.29 is 19.0 Å². The highest BCUT2D eigenvalue weighted by Gasteiger charge is 2.42. The highest BCUT2D eigenvalue weighted by atomic mass is 19.1. The molecule has 1 aliphatic heterocycles. The van der Waals surface area contributed by atoms with Crippen molar-refractivity contribution in [3.05, 3.63) is 24.3 Å². The van der Waals surface area contributed by atoms with Crippen molar-refractivity contribution in [2.75, 3.05) is 25.1 Å². The van der Waals surface area contributed by atoms with Crippen LogP contribution in [0.3, 0.4) is 0 Å². The average Bonchev–Trinajstić information content (AvgIpc) is 2.39. The van der Waals surface area contributed by atoms with Crippen LogP contribution in [0, 0.1) is 0 Å². The Hall–Kier alpha value is -1.78. The maximum atomic E-state index is 14.1. The SMILES string of the molecule is COc1ccc(N2CCCC(F)(C(=O)O)C2)cc1. The van der Waals surface area contributed by atoms with Crippen LogP contribution in [0.25, 0.3) is 0 Å². The molecule has 5 heteroatoms. The third-order valence-corrected chi connectivity index (χ3v) is 3.26. The predicted molar refractivity (Wildman–Crippen MR) is 65.9 cm³/mol. The number of carboxylic acids is 1. The van der Waals surface area contributed by atoms with Gasteiger partial charge in [-0.2, -0.15) is 0 Å². The molecule has 1 atom stereocenters. The van der Waals surface area contributed by atoms with E-state index in [1.54, 1.807) is 24.1 Å². The lowest BCUT2D eigenvalue weighted by Crippen LogP contribution is -2.50. The minimum Gasteiger partial charge on any atom is -0.497 e. The number of benzene rings is 1. The molecule has 2 rings (SSSR count). The maximum Gasteiger partial charge on any atom is 0.343 e. The Morgan fingerprint density at radius 2 is 2.11 bits per heavy atom. The number of nitrogens with zero attached hydrogens (tertiary/aromatic N) is 1. The molecule has 0 radical (unpaired) electrons. The van der Waals surface area contributed by atoms with Crippen LogP contribution in [-0.4, -0.2) is 36.9 Å². The van der Waals surface area contributed by atoms with Gasteiger partial charge in [-0.05, 0) is 37.1 Å². The number of hydrogen-bond donors (Lipinski definition) is 1. The van der Waals surface area contributed by atoms with Crippen molar-refractivity contribution in [1.29, 1.82) is 0 Å². The van der Waals surface area contributed by atoms with Gasteiger partial charge in [-0.1, -0.05) is 0 Å². The van der Waals surface area contributed by atoms with Gasteiger partial charge in [0.15, 0.2) is 0 Å². The first-order chi connectivity index (χ1) is 8.55. The van der Waals surface area contributed by atoms with Gasteiger partial charge >= 0.3 is 5.97 Å². The fourth-order valence-corrected chi connectivity index (χ4v) is 2.20. The molecule has 1 unspecified atom stereocenters. The summed E-state index contributed by atoms with van der Waals surface area (Å²) in [5.74, 6) is -0.652. The number of carbonyl (C=O) groups is 1. The van der Waals surface area contributed by atoms with Crippen molar-refractivity contribution in [1.82, 2.24) is 0 Å². The highest BCUT2D eigenvalue weighted by Crippen LogP contribution is 2.30. The van der Waals surface area contributed by atoms with E-state index in [1.807, 2.05) is 12.1 Å². The summed E-state index contributed by atoms with van der Waals surface area (Å²) < 4.78 is 19.2. The molecule has 1 aromatic rings. The first kappa shape index (κ1) is 12.7. The van der Waals surface area contributed by atoms with Crippen LogP contribution in [0.5, 0.6) is 5.75 Å². The largest absolute Gasteiger partial charge is 0.497 e. The third kappa shape index (κ3) is 2.39. The Morgan fingerprint density at radius 3 is 2.67 bits per heavy atom. The van der Waals surface area contributed by atoms with Crippen LogP contribution in [0.4, 0.5) is 10.1 Å². The zero-order valence-electron chi connectivity index (χ0n) is 10.2. The average molecular weight is 253 g/mol. The third-order valence-electron chi connectivity index (χ3n) is 3.26. The van der Waals surface area contributed by atoms with Gasteiger partial charge in [-0.25, -0.2) is 9.18 Å². The standard InChI is InChI=1S/C13H16FNO3/c1-18-11-5-3-10(4-6-11)15-8-2-7-13(14,9-15)12(16)17/h3-6H,2,7-9H2,1H3,(H,16,17). The van der Waals surface area contributed by atoms with Gasteiger partial charge in [0, 0.05) is 12.2 Å². The van der Waals surface area contributed by atoms with Crippen molar-refractivity contribution in [2.24, 2.45) is 0 Å². The number of alkyl halides is 1. The van der Waals surface area contributed by atoms with Crippen LogP contribution >= 0.6 is 0 Å². The van der Waals surface area contributed by atoms with Crippen LogP contribution in [0.15, 0.2) is 24.3 Å². The second-order valence-corrected chi connectivity index (χ2v) is 4.49. The lowest BCUT2D eigenvalue weighted by molar-refractivity contribution is -0.151. The predicted octanol–water partition coefficient (Wildman–Crippen LogP) is 2.09. The van der Waals surface area contributed by atoms with E-state index >= 15 is 0 Å². The Balaban J connectivity index is 2.15. The first-order valence-corrected chi connectivity index (χ1v) is 5.86. The minimum atomic E-state index is -2.14. The molecular formula is C13H16FNO3. The Kier molecular flexibility index (Phi) is 3.41. The zero-order valence-corrected chi connectivity index (χ0v) is 10.2. The second kappa shape index (κ2) is 4.84. The smallest absolute Gasteiger partial charge is 0.343 e. The van der Waals surface area contributed by atoms with Crippen molar-refractivity contribution in [3.8, 4) is 5.75 Å². The van der Waals surface area contributed by atoms with E-state index in [-0.39, 0.29) is 13.0 Å². The van der Waals surface area contributed by atoms with Crippen LogP contribution in [0.1, 0.15) is 12.8 Å². The number of hydrogen-bond acceptors (Lipinski definition) is 3. The summed E-state index contributed by atoms with van der Waals surface area (Å²) in [6.07, 6.45) is 0.615. The molecule has 1 N–H and O–H groups in total. The summed E-state index contributed by atoms with van der Waals surface area (Å²) in [5.41, 5.74) is -1.32. The maximum absolute atomic E-state index is 14.1. The van der Waals surface area contributed by atoms with Crippen molar-refractivity contribution in [2.45, 2.75) is 18.5 Å². The van der Waals surface area contributed by atoms with Gasteiger partial charge in [0.2, 0.25) is 5.67 Å². The lowest BCUT2D eigenvalue weighted by atomic mass is 9.94. The summed E-state index contributed by atoms with van der Waals surface area (Å²) in [4.78, 5) is 12.7. The summed E-state index contributed by atoms with van der Waals surface area (Å²) in [6.45, 7) is 0.569. The number of anilines is 1. The summed E-state index contributed by atoms with van der Waals surface area (Å²) in [7, 11) is 1.58. The molecule has 1 heterocycles. The molecule has 1 fully saturated rings. The van der Waals surface area contributed by atoms with E-state index in [2.05, 4.69) is 0 Å². The van der Waals surface area contributed by atoms with Crippen LogP contribution in [0.2, 0.25) is 0 Å². The molecule has 1 aliphatic rings. The number of methoxy groups -OCH3 is 1. The number of piperidine rings is 1. The molecule has 0 aromatic heterocycles. The molecule has 1 aromatic carbocycles. The molecule has 98 valence electrons. The van der Waals surface area contributed by atoms with Gasteiger partial charge in [-0.3, -0.25) is 0 Å². The van der Waals surface area contributed by atoms with E-state index in [1.165, 1.54) is 0 Å². The monoisotopic (exact) mass is 253 g/mol. The lowest BCUT2D eigenvalue weighted by Gasteiger charge is -2.36. The Morgan fingerprint density at radius 1 is 1.44 bits per heavy atom. The molecule has 0 saturated carbocycles. The molecular weight excluding hydrogens is 237 g/mol. The molecule has 0 bridgehead atoms. The molecule has 0 aliphatic carbocycles. The number of aliphatic carboxylic acids is 1. The van der Waals surface area contributed by atoms with Gasteiger partial charge in [0.05, 0.1) is 13.7 Å². The summed E-state index contributed by atoms with van der Waals surface area (Å²) in [5, 5.41) is 8.92. The van der Waals surface area contributed by atoms with Crippen molar-refractivity contribution >= 4 is 11.7 Å². The Labute approximate surface area is 105 Å².